The number of rotatable bonds is 16. The highest BCUT2D eigenvalue weighted by molar-refractivity contribution is 7.20. The van der Waals surface area contributed by atoms with Gasteiger partial charge in [0.1, 0.15) is 0 Å². The minimum Gasteiger partial charge on any atom is -0.493 e. The molecule has 45 heavy (non-hydrogen) atoms. The first-order valence-electron chi connectivity index (χ1n) is 14.0. The first kappa shape index (κ1) is 33.2. The molecule has 0 spiro atoms. The average Bonchev–Trinajstić information content (AvgIpc) is 3.44. The topological polar surface area (TPSA) is 146 Å². The Balaban J connectivity index is 1.41. The summed E-state index contributed by atoms with van der Waals surface area (Å²) in [5.74, 6) is -2.53. The van der Waals surface area contributed by atoms with E-state index in [1.54, 1.807) is 36.4 Å². The van der Waals surface area contributed by atoms with Crippen LogP contribution in [0.1, 0.15) is 59.6 Å². The number of aliphatic carboxylic acids is 2. The van der Waals surface area contributed by atoms with Gasteiger partial charge in [-0.15, -0.1) is 11.3 Å². The Kier molecular flexibility index (Phi) is 10.3. The summed E-state index contributed by atoms with van der Waals surface area (Å²) < 4.78 is 38.5. The number of ether oxygens (including phenoxy) is 4. The molecule has 238 valence electrons. The van der Waals surface area contributed by atoms with Crippen molar-refractivity contribution in [1.82, 2.24) is 0 Å². The van der Waals surface area contributed by atoms with E-state index in [1.165, 1.54) is 34.1 Å². The SMILES string of the molecule is COc1cc2cc(C(=O)CCC(=O)O)ccc2cc1OCCCOc1c(OC)cc2sc(C(=O)CC(C)(C)C(=O)O)cc2c1F. The molecule has 0 saturated carbocycles. The monoisotopic (exact) mass is 640 g/mol. The van der Waals surface area contributed by atoms with Gasteiger partial charge in [-0.3, -0.25) is 19.2 Å². The summed E-state index contributed by atoms with van der Waals surface area (Å²) in [4.78, 5) is 47.6. The predicted octanol–water partition coefficient (Wildman–Crippen LogP) is 6.79. The van der Waals surface area contributed by atoms with Gasteiger partial charge in [0.15, 0.2) is 40.4 Å². The molecule has 0 aliphatic carbocycles. The molecule has 0 fully saturated rings. The second kappa shape index (κ2) is 13.9. The molecular weight excluding hydrogens is 607 g/mol. The van der Waals surface area contributed by atoms with Gasteiger partial charge in [0.2, 0.25) is 0 Å². The molecule has 12 heteroatoms. The van der Waals surface area contributed by atoms with E-state index in [1.807, 2.05) is 0 Å². The van der Waals surface area contributed by atoms with Crippen molar-refractivity contribution in [2.45, 2.75) is 39.5 Å². The molecule has 0 amide bonds. The number of methoxy groups -OCH3 is 2. The lowest BCUT2D eigenvalue weighted by molar-refractivity contribution is -0.146. The first-order valence-corrected chi connectivity index (χ1v) is 14.8. The van der Waals surface area contributed by atoms with E-state index in [2.05, 4.69) is 0 Å². The molecule has 0 unspecified atom stereocenters. The zero-order valence-corrected chi connectivity index (χ0v) is 26.0. The number of fused-ring (bicyclic) bond motifs is 2. The van der Waals surface area contributed by atoms with E-state index in [9.17, 15) is 24.3 Å². The molecule has 0 radical (unpaired) electrons. The number of ketones is 2. The van der Waals surface area contributed by atoms with E-state index in [0.717, 1.165) is 22.1 Å². The van der Waals surface area contributed by atoms with Crippen molar-refractivity contribution in [1.29, 1.82) is 0 Å². The smallest absolute Gasteiger partial charge is 0.309 e. The van der Waals surface area contributed by atoms with Gasteiger partial charge in [-0.2, -0.15) is 0 Å². The Morgan fingerprint density at radius 2 is 1.51 bits per heavy atom. The van der Waals surface area contributed by atoms with Crippen LogP contribution in [0.25, 0.3) is 20.9 Å². The summed E-state index contributed by atoms with van der Waals surface area (Å²) in [6, 6.07) is 11.6. The second-order valence-corrected chi connectivity index (χ2v) is 12.0. The molecule has 1 heterocycles. The number of carboxylic acid groups (broad SMARTS) is 2. The van der Waals surface area contributed by atoms with Crippen LogP contribution >= 0.6 is 11.3 Å². The van der Waals surface area contributed by atoms with Crippen LogP contribution in [0.15, 0.2) is 42.5 Å². The van der Waals surface area contributed by atoms with Crippen LogP contribution in [0.5, 0.6) is 23.0 Å². The Labute approximate surface area is 262 Å². The molecule has 0 atom stereocenters. The van der Waals surface area contributed by atoms with Crippen LogP contribution in [0.3, 0.4) is 0 Å². The normalized spacial score (nSPS) is 11.4. The average molecular weight is 641 g/mol. The van der Waals surface area contributed by atoms with Crippen molar-refractivity contribution in [2.24, 2.45) is 5.41 Å². The number of carboxylic acids is 2. The molecule has 1 aromatic heterocycles. The van der Waals surface area contributed by atoms with Crippen LogP contribution in [0.2, 0.25) is 0 Å². The second-order valence-electron chi connectivity index (χ2n) is 11.0. The highest BCUT2D eigenvalue weighted by Crippen LogP contribution is 2.41. The minimum atomic E-state index is -1.26. The predicted molar refractivity (Wildman–Crippen MR) is 166 cm³/mol. The highest BCUT2D eigenvalue weighted by atomic mass is 32.1. The third kappa shape index (κ3) is 7.69. The van der Waals surface area contributed by atoms with Crippen LogP contribution < -0.4 is 18.9 Å². The van der Waals surface area contributed by atoms with Crippen molar-refractivity contribution >= 4 is 55.7 Å². The highest BCUT2D eigenvalue weighted by Gasteiger charge is 2.31. The molecule has 0 bridgehead atoms. The molecule has 4 aromatic rings. The third-order valence-electron chi connectivity index (χ3n) is 7.16. The maximum Gasteiger partial charge on any atom is 0.309 e. The third-order valence-corrected chi connectivity index (χ3v) is 8.29. The minimum absolute atomic E-state index is 0.0826. The van der Waals surface area contributed by atoms with Crippen LogP contribution in [0.4, 0.5) is 4.39 Å². The number of benzene rings is 3. The number of halogens is 1. The molecule has 3 aromatic carbocycles. The van der Waals surface area contributed by atoms with Gasteiger partial charge in [0.05, 0.1) is 44.1 Å². The van der Waals surface area contributed by atoms with Crippen LogP contribution in [0, 0.1) is 11.2 Å². The number of thiophene rings is 1. The van der Waals surface area contributed by atoms with Gasteiger partial charge in [-0.1, -0.05) is 12.1 Å². The number of carbonyl (C=O) groups excluding carboxylic acids is 2. The van der Waals surface area contributed by atoms with Gasteiger partial charge in [-0.25, -0.2) is 4.39 Å². The fraction of sp³-hybridized carbons (Fsp3) is 0.333. The summed E-state index contributed by atoms with van der Waals surface area (Å²) in [6.07, 6.45) is -0.188. The zero-order valence-electron chi connectivity index (χ0n) is 25.2. The van der Waals surface area contributed by atoms with E-state index >= 15 is 4.39 Å². The van der Waals surface area contributed by atoms with Gasteiger partial charge < -0.3 is 29.2 Å². The van der Waals surface area contributed by atoms with Crippen molar-refractivity contribution in [2.75, 3.05) is 27.4 Å². The van der Waals surface area contributed by atoms with Gasteiger partial charge >= 0.3 is 11.9 Å². The Morgan fingerprint density at radius 1 is 0.822 bits per heavy atom. The fourth-order valence-corrected chi connectivity index (χ4v) is 5.59. The standard InChI is InChI=1S/C33H33FO10S/c1-33(2,32(39)40)17-23(36)28-15-21-27(45-28)16-26(42-4)31(30(21)34)44-11-5-10-43-25-13-18-6-7-19(22(35)8-9-29(37)38)12-20(18)14-24(25)41-3/h6-7,12-16H,5,8-11,17H2,1-4H3,(H,37,38)(H,39,40). The van der Waals surface area contributed by atoms with Crippen LogP contribution in [-0.2, 0) is 9.59 Å². The van der Waals surface area contributed by atoms with Gasteiger partial charge in [0, 0.05) is 41.0 Å². The van der Waals surface area contributed by atoms with Crippen molar-refractivity contribution in [3.8, 4) is 23.0 Å². The molecular formula is C33H33FO10S. The maximum absolute atomic E-state index is 15.5. The molecule has 4 rings (SSSR count). The number of carbonyl (C=O) groups is 4. The molecule has 0 aliphatic rings. The Morgan fingerprint density at radius 3 is 2.18 bits per heavy atom. The number of hydrogen-bond acceptors (Lipinski definition) is 9. The lowest BCUT2D eigenvalue weighted by atomic mass is 9.87. The first-order chi connectivity index (χ1) is 21.3. The Bertz CT molecular complexity index is 1770. The quantitative estimate of drug-likeness (QED) is 0.0991. The van der Waals surface area contributed by atoms with E-state index < -0.39 is 29.0 Å². The van der Waals surface area contributed by atoms with E-state index in [4.69, 9.17) is 24.1 Å². The summed E-state index contributed by atoms with van der Waals surface area (Å²) in [7, 11) is 2.87. The summed E-state index contributed by atoms with van der Waals surface area (Å²) >= 11 is 1.06. The summed E-state index contributed by atoms with van der Waals surface area (Å²) in [6.45, 7) is 3.21. The number of hydrogen-bond donors (Lipinski definition) is 2. The largest absolute Gasteiger partial charge is 0.493 e. The van der Waals surface area contributed by atoms with E-state index in [0.29, 0.717) is 28.2 Å². The zero-order chi connectivity index (χ0) is 32.9. The molecule has 0 saturated heterocycles. The molecule has 2 N–H and O–H groups in total. The van der Waals surface area contributed by atoms with Crippen molar-refractivity contribution in [3.63, 3.8) is 0 Å². The van der Waals surface area contributed by atoms with Gasteiger partial charge in [-0.05, 0) is 48.9 Å². The Hall–Kier alpha value is -4.71. The number of Topliss-reactive ketones (excluding diaryl/α,β-unsaturated/α-hetero) is 2. The lowest BCUT2D eigenvalue weighted by Gasteiger charge is -2.16. The van der Waals surface area contributed by atoms with Crippen LogP contribution in [-0.4, -0.2) is 61.2 Å². The lowest BCUT2D eigenvalue weighted by Crippen LogP contribution is -2.26. The summed E-state index contributed by atoms with van der Waals surface area (Å²) in [5.41, 5.74) is -0.851. The molecule has 10 nitrogen and oxygen atoms in total. The summed E-state index contributed by atoms with van der Waals surface area (Å²) in [5, 5.41) is 19.9. The van der Waals surface area contributed by atoms with Crippen molar-refractivity contribution < 1.29 is 52.7 Å². The van der Waals surface area contributed by atoms with Gasteiger partial charge in [0.25, 0.3) is 0 Å². The van der Waals surface area contributed by atoms with Crippen molar-refractivity contribution in [3.05, 3.63) is 58.7 Å². The van der Waals surface area contributed by atoms with E-state index in [-0.39, 0.29) is 60.0 Å². The fourth-order valence-electron chi connectivity index (χ4n) is 4.57. The molecule has 0 aliphatic heterocycles. The maximum atomic E-state index is 15.5.